The number of nitrogens with one attached hydrogen (secondary N) is 1. The van der Waals surface area contributed by atoms with E-state index in [1.165, 1.54) is 16.9 Å². The number of hydrogen-bond donors (Lipinski definition) is 1. The summed E-state index contributed by atoms with van der Waals surface area (Å²) in [4.78, 5) is 27.7. The first kappa shape index (κ1) is 22.8. The van der Waals surface area contributed by atoms with E-state index in [0.29, 0.717) is 35.3 Å². The standard InChI is InChI=1S/C23H23ClN4O2S2/c1-14-3-6-18(11-15(14)2)28-13-16(12-21(28)30)22-26-27-23(32-22)25-20(29)9-10-31-19-7-4-17(24)5-8-19/h3-8,11,16H,9-10,12-13H2,1-2H3,(H,25,27,29). The van der Waals surface area contributed by atoms with Crippen molar-refractivity contribution >= 4 is 57.3 Å². The Morgan fingerprint density at radius 1 is 1.19 bits per heavy atom. The number of carbonyl (C=O) groups is 2. The number of carbonyl (C=O) groups excluding carboxylic acids is 2. The summed E-state index contributed by atoms with van der Waals surface area (Å²) in [5, 5.41) is 13.1. The van der Waals surface area contributed by atoms with E-state index < -0.39 is 0 Å². The van der Waals surface area contributed by atoms with Crippen LogP contribution in [-0.2, 0) is 9.59 Å². The lowest BCUT2D eigenvalue weighted by Gasteiger charge is -2.17. The lowest BCUT2D eigenvalue weighted by molar-refractivity contribution is -0.117. The number of benzene rings is 2. The van der Waals surface area contributed by atoms with Crippen molar-refractivity contribution in [2.75, 3.05) is 22.5 Å². The molecule has 166 valence electrons. The molecule has 0 spiro atoms. The van der Waals surface area contributed by atoms with E-state index in [9.17, 15) is 9.59 Å². The van der Waals surface area contributed by atoms with E-state index in [1.54, 1.807) is 11.8 Å². The Kier molecular flexibility index (Phi) is 7.13. The molecule has 0 bridgehead atoms. The molecule has 4 rings (SSSR count). The normalized spacial score (nSPS) is 15.9. The van der Waals surface area contributed by atoms with E-state index in [2.05, 4.69) is 22.4 Å². The fraction of sp³-hybridized carbons (Fsp3) is 0.304. The highest BCUT2D eigenvalue weighted by molar-refractivity contribution is 7.99. The first-order valence-electron chi connectivity index (χ1n) is 10.3. The molecule has 1 fully saturated rings. The molecule has 2 heterocycles. The highest BCUT2D eigenvalue weighted by Gasteiger charge is 2.34. The molecule has 1 aromatic heterocycles. The number of thioether (sulfide) groups is 1. The van der Waals surface area contributed by atoms with Crippen molar-refractivity contribution in [2.24, 2.45) is 0 Å². The van der Waals surface area contributed by atoms with Crippen LogP contribution in [0.15, 0.2) is 47.4 Å². The van der Waals surface area contributed by atoms with Gasteiger partial charge in [-0.2, -0.15) is 0 Å². The van der Waals surface area contributed by atoms with Crippen LogP contribution < -0.4 is 10.2 Å². The highest BCUT2D eigenvalue weighted by atomic mass is 35.5. The van der Waals surface area contributed by atoms with Gasteiger partial charge in [0.15, 0.2) is 0 Å². The van der Waals surface area contributed by atoms with Crippen molar-refractivity contribution in [1.29, 1.82) is 0 Å². The summed E-state index contributed by atoms with van der Waals surface area (Å²) in [6, 6.07) is 13.6. The maximum atomic E-state index is 12.6. The molecule has 1 aliphatic rings. The van der Waals surface area contributed by atoms with Crippen molar-refractivity contribution < 1.29 is 9.59 Å². The SMILES string of the molecule is Cc1ccc(N2CC(c3nnc(NC(=O)CCSc4ccc(Cl)cc4)s3)CC2=O)cc1C. The lowest BCUT2D eigenvalue weighted by Crippen LogP contribution is -2.24. The van der Waals surface area contributed by atoms with Crippen LogP contribution in [0.2, 0.25) is 5.02 Å². The largest absolute Gasteiger partial charge is 0.312 e. The number of amides is 2. The number of halogens is 1. The van der Waals surface area contributed by atoms with E-state index in [-0.39, 0.29) is 17.7 Å². The van der Waals surface area contributed by atoms with Crippen LogP contribution in [0.5, 0.6) is 0 Å². The van der Waals surface area contributed by atoms with Crippen LogP contribution in [0.3, 0.4) is 0 Å². The summed E-state index contributed by atoms with van der Waals surface area (Å²) in [7, 11) is 0. The number of anilines is 2. The number of aromatic nitrogens is 2. The number of rotatable bonds is 7. The molecule has 0 saturated carbocycles. The van der Waals surface area contributed by atoms with Crippen molar-refractivity contribution in [1.82, 2.24) is 10.2 Å². The van der Waals surface area contributed by atoms with Gasteiger partial charge in [0.1, 0.15) is 5.01 Å². The van der Waals surface area contributed by atoms with Crippen molar-refractivity contribution in [3.63, 3.8) is 0 Å². The van der Waals surface area contributed by atoms with Crippen molar-refractivity contribution in [2.45, 2.75) is 37.5 Å². The summed E-state index contributed by atoms with van der Waals surface area (Å²) < 4.78 is 0. The first-order valence-corrected chi connectivity index (χ1v) is 12.5. The minimum atomic E-state index is -0.103. The Balaban J connectivity index is 1.30. The van der Waals surface area contributed by atoms with Gasteiger partial charge in [0.2, 0.25) is 16.9 Å². The Hall–Kier alpha value is -2.42. The first-order chi connectivity index (χ1) is 15.4. The third kappa shape index (κ3) is 5.49. The van der Waals surface area contributed by atoms with Crippen LogP contribution in [-0.4, -0.2) is 34.3 Å². The van der Waals surface area contributed by atoms with Gasteiger partial charge in [-0.05, 0) is 61.4 Å². The average molecular weight is 487 g/mol. The summed E-state index contributed by atoms with van der Waals surface area (Å²) in [6.07, 6.45) is 0.762. The van der Waals surface area contributed by atoms with Gasteiger partial charge < -0.3 is 10.2 Å². The second kappa shape index (κ2) is 10.0. The van der Waals surface area contributed by atoms with E-state index in [4.69, 9.17) is 11.6 Å². The Morgan fingerprint density at radius 2 is 1.97 bits per heavy atom. The minimum absolute atomic E-state index is 0.0206. The van der Waals surface area contributed by atoms with Crippen LogP contribution in [0.4, 0.5) is 10.8 Å². The second-order valence-corrected chi connectivity index (χ2v) is 10.3. The lowest BCUT2D eigenvalue weighted by atomic mass is 10.1. The van der Waals surface area contributed by atoms with Gasteiger partial charge in [0.25, 0.3) is 0 Å². The highest BCUT2D eigenvalue weighted by Crippen LogP contribution is 2.34. The van der Waals surface area contributed by atoms with E-state index in [1.807, 2.05) is 54.3 Å². The van der Waals surface area contributed by atoms with Crippen LogP contribution >= 0.6 is 34.7 Å². The molecule has 0 aliphatic carbocycles. The summed E-state index contributed by atoms with van der Waals surface area (Å²) in [6.45, 7) is 4.67. The zero-order valence-electron chi connectivity index (χ0n) is 17.8. The topological polar surface area (TPSA) is 75.2 Å². The van der Waals surface area contributed by atoms with Gasteiger partial charge in [0.05, 0.1) is 0 Å². The van der Waals surface area contributed by atoms with Gasteiger partial charge in [0, 0.05) is 46.7 Å². The van der Waals surface area contributed by atoms with Gasteiger partial charge in [-0.15, -0.1) is 22.0 Å². The second-order valence-electron chi connectivity index (χ2n) is 7.72. The quantitative estimate of drug-likeness (QED) is 0.449. The van der Waals surface area contributed by atoms with Crippen molar-refractivity contribution in [3.05, 3.63) is 63.6 Å². The average Bonchev–Trinajstić information content (AvgIpc) is 3.38. The molecule has 3 aromatic rings. The fourth-order valence-corrected chi connectivity index (χ4v) is 5.27. The van der Waals surface area contributed by atoms with E-state index >= 15 is 0 Å². The molecule has 1 aliphatic heterocycles. The molecular formula is C23H23ClN4O2S2. The molecule has 1 N–H and O–H groups in total. The third-order valence-electron chi connectivity index (χ3n) is 5.37. The van der Waals surface area contributed by atoms with Gasteiger partial charge in [-0.1, -0.05) is 29.0 Å². The monoisotopic (exact) mass is 486 g/mol. The predicted octanol–water partition coefficient (Wildman–Crippen LogP) is 5.45. The fourth-order valence-electron chi connectivity index (χ4n) is 3.44. The number of hydrogen-bond acceptors (Lipinski definition) is 6. The molecule has 1 unspecified atom stereocenters. The maximum Gasteiger partial charge on any atom is 0.227 e. The Morgan fingerprint density at radius 3 is 2.72 bits per heavy atom. The minimum Gasteiger partial charge on any atom is -0.312 e. The summed E-state index contributed by atoms with van der Waals surface area (Å²) in [5.74, 6) is 0.612. The summed E-state index contributed by atoms with van der Waals surface area (Å²) >= 11 is 8.83. The summed E-state index contributed by atoms with van der Waals surface area (Å²) in [5.41, 5.74) is 3.28. The zero-order chi connectivity index (χ0) is 22.7. The van der Waals surface area contributed by atoms with Gasteiger partial charge in [-0.3, -0.25) is 9.59 Å². The molecule has 1 atom stereocenters. The zero-order valence-corrected chi connectivity index (χ0v) is 20.2. The Labute approximate surface area is 200 Å². The molecular weight excluding hydrogens is 464 g/mol. The molecule has 1 saturated heterocycles. The molecule has 9 heteroatoms. The molecule has 6 nitrogen and oxygen atoms in total. The molecule has 2 amide bonds. The Bertz CT molecular complexity index is 1130. The van der Waals surface area contributed by atoms with Gasteiger partial charge >= 0.3 is 0 Å². The smallest absolute Gasteiger partial charge is 0.227 e. The van der Waals surface area contributed by atoms with E-state index in [0.717, 1.165) is 21.2 Å². The maximum absolute atomic E-state index is 12.6. The molecule has 32 heavy (non-hydrogen) atoms. The van der Waals surface area contributed by atoms with Crippen LogP contribution in [0, 0.1) is 13.8 Å². The van der Waals surface area contributed by atoms with Crippen LogP contribution in [0.25, 0.3) is 0 Å². The number of nitrogens with zero attached hydrogens (tertiary/aromatic N) is 3. The van der Waals surface area contributed by atoms with Crippen LogP contribution in [0.1, 0.15) is 34.9 Å². The molecule has 2 aromatic carbocycles. The molecule has 0 radical (unpaired) electrons. The number of aryl methyl sites for hydroxylation is 2. The van der Waals surface area contributed by atoms with Crippen molar-refractivity contribution in [3.8, 4) is 0 Å². The predicted molar refractivity (Wildman–Crippen MR) is 131 cm³/mol. The van der Waals surface area contributed by atoms with Gasteiger partial charge in [-0.25, -0.2) is 0 Å². The third-order valence-corrected chi connectivity index (χ3v) is 7.64.